The van der Waals surface area contributed by atoms with Gasteiger partial charge in [-0.05, 0) is 32.4 Å². The molecule has 0 aliphatic carbocycles. The van der Waals surface area contributed by atoms with Crippen LogP contribution in [0.1, 0.15) is 33.0 Å². The van der Waals surface area contributed by atoms with Gasteiger partial charge >= 0.3 is 0 Å². The number of aliphatic imine (C=N–C) groups is 1. The van der Waals surface area contributed by atoms with E-state index in [0.717, 1.165) is 36.7 Å². The fourth-order valence-electron chi connectivity index (χ4n) is 1.46. The van der Waals surface area contributed by atoms with Crippen molar-refractivity contribution in [3.05, 3.63) is 36.3 Å². The SMILES string of the molecule is C=C(C)CN=C(NCCc1ccco1)NC(C)CC. The molecule has 0 aromatic carbocycles. The highest BCUT2D eigenvalue weighted by Gasteiger charge is 2.03. The summed E-state index contributed by atoms with van der Waals surface area (Å²) in [6, 6.07) is 4.29. The molecule has 4 heteroatoms. The van der Waals surface area contributed by atoms with Crippen LogP contribution in [0.3, 0.4) is 0 Å². The Morgan fingerprint density at radius 1 is 1.53 bits per heavy atom. The Bertz CT molecular complexity index is 396. The van der Waals surface area contributed by atoms with Crippen molar-refractivity contribution in [3.8, 4) is 0 Å². The Kier molecular flexibility index (Phi) is 6.79. The Morgan fingerprint density at radius 3 is 2.89 bits per heavy atom. The standard InChI is InChI=1S/C15H25N3O/c1-5-13(4)18-15(17-11-12(2)3)16-9-8-14-7-6-10-19-14/h6-7,10,13H,2,5,8-9,11H2,1,3-4H3,(H2,16,17,18). The normalized spacial score (nSPS) is 13.1. The molecule has 1 rings (SSSR count). The lowest BCUT2D eigenvalue weighted by molar-refractivity contribution is 0.506. The molecule has 0 saturated heterocycles. The summed E-state index contributed by atoms with van der Waals surface area (Å²) in [4.78, 5) is 4.49. The van der Waals surface area contributed by atoms with E-state index >= 15 is 0 Å². The number of furan rings is 1. The Hall–Kier alpha value is -1.71. The summed E-state index contributed by atoms with van der Waals surface area (Å²) in [7, 11) is 0. The van der Waals surface area contributed by atoms with Crippen LogP contribution in [0.2, 0.25) is 0 Å². The number of hydrogen-bond acceptors (Lipinski definition) is 2. The first-order valence-corrected chi connectivity index (χ1v) is 6.83. The van der Waals surface area contributed by atoms with Crippen LogP contribution in [0.5, 0.6) is 0 Å². The maximum atomic E-state index is 5.30. The van der Waals surface area contributed by atoms with E-state index in [1.54, 1.807) is 6.26 Å². The van der Waals surface area contributed by atoms with E-state index in [1.807, 2.05) is 19.1 Å². The van der Waals surface area contributed by atoms with Gasteiger partial charge in [-0.25, -0.2) is 4.99 Å². The Morgan fingerprint density at radius 2 is 2.32 bits per heavy atom. The van der Waals surface area contributed by atoms with E-state index < -0.39 is 0 Å². The molecule has 2 N–H and O–H groups in total. The van der Waals surface area contributed by atoms with Crippen LogP contribution in [0.25, 0.3) is 0 Å². The molecule has 0 radical (unpaired) electrons. The largest absolute Gasteiger partial charge is 0.469 e. The number of hydrogen-bond donors (Lipinski definition) is 2. The second kappa shape index (κ2) is 8.40. The lowest BCUT2D eigenvalue weighted by atomic mass is 10.3. The van der Waals surface area contributed by atoms with Gasteiger partial charge in [-0.2, -0.15) is 0 Å². The highest BCUT2D eigenvalue weighted by atomic mass is 16.3. The molecule has 1 atom stereocenters. The van der Waals surface area contributed by atoms with Gasteiger partial charge in [0, 0.05) is 19.0 Å². The third kappa shape index (κ3) is 6.70. The maximum absolute atomic E-state index is 5.30. The second-order valence-corrected chi connectivity index (χ2v) is 4.83. The first kappa shape index (κ1) is 15.3. The van der Waals surface area contributed by atoms with Gasteiger partial charge in [0.1, 0.15) is 5.76 Å². The van der Waals surface area contributed by atoms with E-state index in [4.69, 9.17) is 4.42 Å². The van der Waals surface area contributed by atoms with Crippen molar-refractivity contribution in [1.29, 1.82) is 0 Å². The third-order valence-corrected chi connectivity index (χ3v) is 2.75. The summed E-state index contributed by atoms with van der Waals surface area (Å²) >= 11 is 0. The van der Waals surface area contributed by atoms with Crippen LogP contribution >= 0.6 is 0 Å². The van der Waals surface area contributed by atoms with Crippen molar-refractivity contribution in [2.24, 2.45) is 4.99 Å². The minimum Gasteiger partial charge on any atom is -0.469 e. The van der Waals surface area contributed by atoms with Gasteiger partial charge in [-0.3, -0.25) is 0 Å². The molecule has 0 saturated carbocycles. The van der Waals surface area contributed by atoms with Gasteiger partial charge < -0.3 is 15.1 Å². The molecule has 1 unspecified atom stereocenters. The van der Waals surface area contributed by atoms with Crippen molar-refractivity contribution < 1.29 is 4.42 Å². The topological polar surface area (TPSA) is 49.6 Å². The molecule has 0 aliphatic rings. The smallest absolute Gasteiger partial charge is 0.191 e. The fourth-order valence-corrected chi connectivity index (χ4v) is 1.46. The number of guanidine groups is 1. The molecule has 0 bridgehead atoms. The van der Waals surface area contributed by atoms with Gasteiger partial charge in [0.05, 0.1) is 12.8 Å². The maximum Gasteiger partial charge on any atom is 0.191 e. The van der Waals surface area contributed by atoms with E-state index in [9.17, 15) is 0 Å². The van der Waals surface area contributed by atoms with Crippen LogP contribution in [0.15, 0.2) is 40.0 Å². The van der Waals surface area contributed by atoms with Gasteiger partial charge in [0.25, 0.3) is 0 Å². The third-order valence-electron chi connectivity index (χ3n) is 2.75. The first-order valence-electron chi connectivity index (χ1n) is 6.83. The molecule has 0 amide bonds. The van der Waals surface area contributed by atoms with E-state index in [1.165, 1.54) is 0 Å². The van der Waals surface area contributed by atoms with Gasteiger partial charge in [-0.1, -0.05) is 19.1 Å². The molecule has 1 aromatic heterocycles. The summed E-state index contributed by atoms with van der Waals surface area (Å²) in [5, 5.41) is 6.69. The highest BCUT2D eigenvalue weighted by molar-refractivity contribution is 5.80. The van der Waals surface area contributed by atoms with Crippen LogP contribution in [0.4, 0.5) is 0 Å². The van der Waals surface area contributed by atoms with Crippen LogP contribution in [-0.4, -0.2) is 25.1 Å². The Labute approximate surface area is 116 Å². The first-order chi connectivity index (χ1) is 9.11. The van der Waals surface area contributed by atoms with E-state index in [2.05, 4.69) is 36.1 Å². The molecule has 0 spiro atoms. The summed E-state index contributed by atoms with van der Waals surface area (Å²) in [6.07, 6.45) is 3.61. The summed E-state index contributed by atoms with van der Waals surface area (Å²) < 4.78 is 5.30. The lowest BCUT2D eigenvalue weighted by Crippen LogP contribution is -2.42. The average Bonchev–Trinajstić information content (AvgIpc) is 2.88. The predicted octanol–water partition coefficient (Wildman–Crippen LogP) is 2.73. The van der Waals surface area contributed by atoms with Crippen molar-refractivity contribution in [1.82, 2.24) is 10.6 Å². The van der Waals surface area contributed by atoms with Crippen molar-refractivity contribution >= 4 is 5.96 Å². The van der Waals surface area contributed by atoms with Crippen LogP contribution in [-0.2, 0) is 6.42 Å². The molecule has 19 heavy (non-hydrogen) atoms. The van der Waals surface area contributed by atoms with Crippen molar-refractivity contribution in [2.45, 2.75) is 39.7 Å². The highest BCUT2D eigenvalue weighted by Crippen LogP contribution is 1.99. The summed E-state index contributed by atoms with van der Waals surface area (Å²) in [5.41, 5.74) is 1.05. The number of nitrogens with zero attached hydrogens (tertiary/aromatic N) is 1. The molecule has 1 aromatic rings. The molecule has 0 aliphatic heterocycles. The molecular weight excluding hydrogens is 238 g/mol. The molecule has 1 heterocycles. The molecule has 0 fully saturated rings. The lowest BCUT2D eigenvalue weighted by Gasteiger charge is -2.16. The Balaban J connectivity index is 2.43. The second-order valence-electron chi connectivity index (χ2n) is 4.83. The fraction of sp³-hybridized carbons (Fsp3) is 0.533. The van der Waals surface area contributed by atoms with Crippen LogP contribution in [0, 0.1) is 0 Å². The van der Waals surface area contributed by atoms with E-state index in [0.29, 0.717) is 12.6 Å². The zero-order valence-corrected chi connectivity index (χ0v) is 12.2. The predicted molar refractivity (Wildman–Crippen MR) is 80.4 cm³/mol. The zero-order chi connectivity index (χ0) is 14.1. The molecule has 106 valence electrons. The number of nitrogens with one attached hydrogen (secondary N) is 2. The number of rotatable bonds is 7. The quantitative estimate of drug-likeness (QED) is 0.452. The van der Waals surface area contributed by atoms with Gasteiger partial charge in [0.2, 0.25) is 0 Å². The molecular formula is C15H25N3O. The minimum absolute atomic E-state index is 0.403. The van der Waals surface area contributed by atoms with E-state index in [-0.39, 0.29) is 0 Å². The summed E-state index contributed by atoms with van der Waals surface area (Å²) in [6.45, 7) is 11.6. The average molecular weight is 263 g/mol. The molecule has 4 nitrogen and oxygen atoms in total. The minimum atomic E-state index is 0.403. The van der Waals surface area contributed by atoms with Gasteiger partial charge in [0.15, 0.2) is 5.96 Å². The van der Waals surface area contributed by atoms with Gasteiger partial charge in [-0.15, -0.1) is 0 Å². The van der Waals surface area contributed by atoms with Crippen LogP contribution < -0.4 is 10.6 Å². The van der Waals surface area contributed by atoms with Crippen molar-refractivity contribution in [3.63, 3.8) is 0 Å². The van der Waals surface area contributed by atoms with Crippen molar-refractivity contribution in [2.75, 3.05) is 13.1 Å². The monoisotopic (exact) mass is 263 g/mol. The zero-order valence-electron chi connectivity index (χ0n) is 12.2. The summed E-state index contributed by atoms with van der Waals surface area (Å²) in [5.74, 6) is 1.82.